The van der Waals surface area contributed by atoms with Crippen LogP contribution in [0.15, 0.2) is 0 Å². The normalized spacial score (nSPS) is 22.9. The van der Waals surface area contributed by atoms with E-state index in [2.05, 4.69) is 21.9 Å². The van der Waals surface area contributed by atoms with E-state index in [4.69, 9.17) is 0 Å². The van der Waals surface area contributed by atoms with Crippen molar-refractivity contribution in [3.8, 4) is 0 Å². The fourth-order valence-corrected chi connectivity index (χ4v) is 3.34. The summed E-state index contributed by atoms with van der Waals surface area (Å²) in [6.45, 7) is 8.41. The van der Waals surface area contributed by atoms with Crippen LogP contribution < -0.4 is 10.0 Å². The third-order valence-corrected chi connectivity index (χ3v) is 4.91. The minimum Gasteiger partial charge on any atom is -0.313 e. The van der Waals surface area contributed by atoms with Gasteiger partial charge in [-0.3, -0.25) is 0 Å². The Morgan fingerprint density at radius 3 is 2.67 bits per heavy atom. The first-order valence-electron chi connectivity index (χ1n) is 7.00. The number of rotatable bonds is 7. The fraction of sp³-hybridized carbons (Fsp3) is 1.00. The number of likely N-dealkylation sites (tertiary alicyclic amines) is 1. The van der Waals surface area contributed by atoms with Crippen LogP contribution in [0.5, 0.6) is 0 Å². The highest BCUT2D eigenvalue weighted by Crippen LogP contribution is 2.10. The zero-order valence-electron chi connectivity index (χ0n) is 11.6. The molecule has 0 spiro atoms. The second-order valence-electron chi connectivity index (χ2n) is 4.83. The third-order valence-electron chi connectivity index (χ3n) is 3.44. The first-order valence-corrected chi connectivity index (χ1v) is 8.65. The molecule has 18 heavy (non-hydrogen) atoms. The molecule has 1 saturated heterocycles. The quantitative estimate of drug-likeness (QED) is 0.707. The van der Waals surface area contributed by atoms with E-state index in [1.54, 1.807) is 6.92 Å². The van der Waals surface area contributed by atoms with Crippen molar-refractivity contribution in [1.29, 1.82) is 0 Å². The Morgan fingerprint density at radius 1 is 1.22 bits per heavy atom. The maximum absolute atomic E-state index is 11.5. The topological polar surface area (TPSA) is 61.4 Å². The van der Waals surface area contributed by atoms with E-state index in [0.29, 0.717) is 19.1 Å². The second-order valence-corrected chi connectivity index (χ2v) is 6.76. The summed E-state index contributed by atoms with van der Waals surface area (Å²) in [5.74, 6) is 0.175. The summed E-state index contributed by atoms with van der Waals surface area (Å²) in [5.41, 5.74) is 0. The van der Waals surface area contributed by atoms with E-state index in [1.165, 1.54) is 13.0 Å². The summed E-state index contributed by atoms with van der Waals surface area (Å²) >= 11 is 0. The predicted molar refractivity (Wildman–Crippen MR) is 75.2 cm³/mol. The minimum atomic E-state index is -3.08. The van der Waals surface area contributed by atoms with E-state index in [0.717, 1.165) is 25.9 Å². The molecule has 0 aromatic rings. The molecule has 1 unspecified atom stereocenters. The van der Waals surface area contributed by atoms with E-state index >= 15 is 0 Å². The van der Waals surface area contributed by atoms with Gasteiger partial charge in [-0.2, -0.15) is 0 Å². The summed E-state index contributed by atoms with van der Waals surface area (Å²) in [6.07, 6.45) is 3.47. The highest BCUT2D eigenvalue weighted by Gasteiger charge is 2.16. The van der Waals surface area contributed by atoms with Gasteiger partial charge in [-0.25, -0.2) is 13.1 Å². The van der Waals surface area contributed by atoms with Gasteiger partial charge in [0.05, 0.1) is 5.75 Å². The average Bonchev–Trinajstić information content (AvgIpc) is 2.54. The smallest absolute Gasteiger partial charge is 0.212 e. The molecular formula is C12H27N3O2S. The van der Waals surface area contributed by atoms with Gasteiger partial charge in [0.15, 0.2) is 0 Å². The monoisotopic (exact) mass is 277 g/mol. The summed E-state index contributed by atoms with van der Waals surface area (Å²) in [4.78, 5) is 2.46. The first-order chi connectivity index (χ1) is 8.57. The first kappa shape index (κ1) is 15.9. The van der Waals surface area contributed by atoms with Crippen molar-refractivity contribution < 1.29 is 8.42 Å². The lowest BCUT2D eigenvalue weighted by atomic mass is 10.1. The molecule has 1 aliphatic rings. The Bertz CT molecular complexity index is 319. The second kappa shape index (κ2) is 8.09. The molecule has 0 aromatic carbocycles. The van der Waals surface area contributed by atoms with Gasteiger partial charge in [0, 0.05) is 19.1 Å². The molecule has 1 rings (SSSR count). The number of nitrogens with zero attached hydrogens (tertiary/aromatic N) is 1. The van der Waals surface area contributed by atoms with Gasteiger partial charge in [0.2, 0.25) is 10.0 Å². The summed E-state index contributed by atoms with van der Waals surface area (Å²) < 4.78 is 25.5. The van der Waals surface area contributed by atoms with Crippen LogP contribution in [0, 0.1) is 0 Å². The van der Waals surface area contributed by atoms with Gasteiger partial charge in [-0.15, -0.1) is 0 Å². The molecule has 0 radical (unpaired) electrons. The molecule has 0 aromatic heterocycles. The van der Waals surface area contributed by atoms with Crippen molar-refractivity contribution in [2.24, 2.45) is 0 Å². The lowest BCUT2D eigenvalue weighted by Crippen LogP contribution is -2.37. The van der Waals surface area contributed by atoms with Gasteiger partial charge in [-0.1, -0.05) is 13.8 Å². The fourth-order valence-electron chi connectivity index (χ4n) is 2.37. The van der Waals surface area contributed by atoms with E-state index in [-0.39, 0.29) is 5.75 Å². The Balaban J connectivity index is 2.23. The summed E-state index contributed by atoms with van der Waals surface area (Å²) in [5, 5.41) is 3.37. The van der Waals surface area contributed by atoms with E-state index in [9.17, 15) is 8.42 Å². The van der Waals surface area contributed by atoms with Crippen molar-refractivity contribution in [1.82, 2.24) is 14.9 Å². The average molecular weight is 277 g/mol. The number of hydrogen-bond donors (Lipinski definition) is 2. The Kier molecular flexibility index (Phi) is 7.14. The lowest BCUT2D eigenvalue weighted by Gasteiger charge is -2.18. The highest BCUT2D eigenvalue weighted by molar-refractivity contribution is 7.89. The SMILES string of the molecule is CCNS(=O)(=O)CCNC1CCCN(CC)CC1. The van der Waals surface area contributed by atoms with Gasteiger partial charge in [0.25, 0.3) is 0 Å². The molecule has 2 N–H and O–H groups in total. The lowest BCUT2D eigenvalue weighted by molar-refractivity contribution is 0.297. The van der Waals surface area contributed by atoms with Crippen LogP contribution in [0.25, 0.3) is 0 Å². The van der Waals surface area contributed by atoms with Gasteiger partial charge in [0.1, 0.15) is 0 Å². The number of nitrogens with one attached hydrogen (secondary N) is 2. The predicted octanol–water partition coefficient (Wildman–Crippen LogP) is 0.390. The van der Waals surface area contributed by atoms with Gasteiger partial charge < -0.3 is 10.2 Å². The molecule has 1 atom stereocenters. The van der Waals surface area contributed by atoms with Crippen molar-refractivity contribution in [3.05, 3.63) is 0 Å². The molecule has 0 saturated carbocycles. The molecule has 5 nitrogen and oxygen atoms in total. The molecule has 0 aliphatic carbocycles. The molecule has 6 heteroatoms. The van der Waals surface area contributed by atoms with Crippen LogP contribution in [0.2, 0.25) is 0 Å². The molecule has 1 aliphatic heterocycles. The molecular weight excluding hydrogens is 250 g/mol. The van der Waals surface area contributed by atoms with Crippen molar-refractivity contribution in [2.75, 3.05) is 38.5 Å². The summed E-state index contributed by atoms with van der Waals surface area (Å²) in [6, 6.07) is 0.471. The van der Waals surface area contributed by atoms with Gasteiger partial charge in [-0.05, 0) is 38.9 Å². The molecule has 1 heterocycles. The maximum Gasteiger partial charge on any atom is 0.212 e. The summed E-state index contributed by atoms with van der Waals surface area (Å²) in [7, 11) is -3.08. The molecule has 108 valence electrons. The van der Waals surface area contributed by atoms with Crippen LogP contribution in [-0.2, 0) is 10.0 Å². The molecule has 1 fully saturated rings. The van der Waals surface area contributed by atoms with Gasteiger partial charge >= 0.3 is 0 Å². The van der Waals surface area contributed by atoms with Crippen LogP contribution in [0.3, 0.4) is 0 Å². The number of hydrogen-bond acceptors (Lipinski definition) is 4. The Hall–Kier alpha value is -0.170. The van der Waals surface area contributed by atoms with Crippen LogP contribution in [0.1, 0.15) is 33.1 Å². The zero-order chi connectivity index (χ0) is 13.4. The maximum atomic E-state index is 11.5. The molecule has 0 amide bonds. The zero-order valence-corrected chi connectivity index (χ0v) is 12.4. The van der Waals surface area contributed by atoms with Crippen molar-refractivity contribution in [3.63, 3.8) is 0 Å². The molecule has 0 bridgehead atoms. The van der Waals surface area contributed by atoms with Crippen molar-refractivity contribution in [2.45, 2.75) is 39.2 Å². The standard InChI is InChI=1S/C12H27N3O2S/c1-3-14-18(16,17)11-8-13-12-6-5-9-15(4-2)10-7-12/h12-14H,3-11H2,1-2H3. The Morgan fingerprint density at radius 2 is 2.00 bits per heavy atom. The third kappa shape index (κ3) is 6.13. The number of sulfonamides is 1. The highest BCUT2D eigenvalue weighted by atomic mass is 32.2. The minimum absolute atomic E-state index is 0.175. The van der Waals surface area contributed by atoms with Crippen LogP contribution in [0.4, 0.5) is 0 Å². The van der Waals surface area contributed by atoms with Crippen LogP contribution >= 0.6 is 0 Å². The largest absolute Gasteiger partial charge is 0.313 e. The Labute approximate surface area is 111 Å². The van der Waals surface area contributed by atoms with Crippen LogP contribution in [-0.4, -0.2) is 57.8 Å². The van der Waals surface area contributed by atoms with E-state index < -0.39 is 10.0 Å². The van der Waals surface area contributed by atoms with E-state index in [1.807, 2.05) is 0 Å². The van der Waals surface area contributed by atoms with Crippen molar-refractivity contribution >= 4 is 10.0 Å².